The van der Waals surface area contributed by atoms with Gasteiger partial charge >= 0.3 is 0 Å². The Morgan fingerprint density at radius 2 is 2.04 bits per heavy atom. The van der Waals surface area contributed by atoms with Crippen molar-refractivity contribution in [3.63, 3.8) is 0 Å². The van der Waals surface area contributed by atoms with Gasteiger partial charge in [0, 0.05) is 6.54 Å². The first kappa shape index (κ1) is 21.6. The second kappa shape index (κ2) is 10.0. The smallest absolute Gasteiger partial charge is 0.234 e. The van der Waals surface area contributed by atoms with Gasteiger partial charge in [0.1, 0.15) is 24.4 Å². The molecule has 0 saturated carbocycles. The van der Waals surface area contributed by atoms with E-state index in [0.29, 0.717) is 18.7 Å². The van der Waals surface area contributed by atoms with Crippen LogP contribution in [0.5, 0.6) is 0 Å². The van der Waals surface area contributed by atoms with Crippen molar-refractivity contribution >= 4 is 5.91 Å². The second-order valence-corrected chi connectivity index (χ2v) is 6.53. The standard InChI is InChI=1S/C15H28N6O6/c16-4-2-1-3-9(14(17)26)18-5-8-6-21(20-19-8)15-13(25)12(24)11(23)10(7-22)27-15/h6,9-13,15,18,22-25H,1-5,7,16H2,(H2,17,26)/t9?,10-,11+,12+,13-,15?/m0/s1. The monoisotopic (exact) mass is 388 g/mol. The van der Waals surface area contributed by atoms with Crippen LogP contribution in [0.25, 0.3) is 0 Å². The number of nitrogens with two attached hydrogens (primary N) is 2. The van der Waals surface area contributed by atoms with Crippen LogP contribution in [0.15, 0.2) is 6.20 Å². The predicted octanol–water partition coefficient (Wildman–Crippen LogP) is -3.68. The summed E-state index contributed by atoms with van der Waals surface area (Å²) in [4.78, 5) is 11.5. The molecule has 0 radical (unpaired) electrons. The molecule has 1 fully saturated rings. The Bertz CT molecular complexity index is 599. The van der Waals surface area contributed by atoms with E-state index in [4.69, 9.17) is 16.2 Å². The number of unbranched alkanes of at least 4 members (excludes halogenated alkanes) is 1. The van der Waals surface area contributed by atoms with Crippen LogP contribution in [0.4, 0.5) is 0 Å². The third-order valence-electron chi connectivity index (χ3n) is 4.51. The molecule has 9 N–H and O–H groups in total. The number of carbonyl (C=O) groups excluding carboxylic acids is 1. The van der Waals surface area contributed by atoms with Crippen LogP contribution in [-0.2, 0) is 16.1 Å². The van der Waals surface area contributed by atoms with E-state index in [1.54, 1.807) is 0 Å². The van der Waals surface area contributed by atoms with Crippen molar-refractivity contribution < 1.29 is 30.0 Å². The van der Waals surface area contributed by atoms with Gasteiger partial charge in [-0.2, -0.15) is 0 Å². The number of nitrogens with zero attached hydrogens (tertiary/aromatic N) is 3. The third-order valence-corrected chi connectivity index (χ3v) is 4.51. The van der Waals surface area contributed by atoms with E-state index in [1.165, 1.54) is 10.9 Å². The Balaban J connectivity index is 1.98. The summed E-state index contributed by atoms with van der Waals surface area (Å²) in [6.45, 7) is 0.209. The lowest BCUT2D eigenvalue weighted by atomic mass is 9.98. The predicted molar refractivity (Wildman–Crippen MR) is 91.8 cm³/mol. The Labute approximate surface area is 156 Å². The van der Waals surface area contributed by atoms with E-state index in [9.17, 15) is 25.2 Å². The maximum atomic E-state index is 11.5. The molecule has 2 heterocycles. The van der Waals surface area contributed by atoms with Crippen LogP contribution in [0.3, 0.4) is 0 Å². The fourth-order valence-electron chi connectivity index (χ4n) is 2.88. The maximum Gasteiger partial charge on any atom is 0.234 e. The van der Waals surface area contributed by atoms with Crippen molar-refractivity contribution in [3.8, 4) is 0 Å². The number of nitrogens with one attached hydrogen (secondary N) is 1. The Morgan fingerprint density at radius 1 is 1.30 bits per heavy atom. The fraction of sp³-hybridized carbons (Fsp3) is 0.800. The van der Waals surface area contributed by atoms with E-state index < -0.39 is 49.2 Å². The first-order chi connectivity index (χ1) is 12.9. The lowest BCUT2D eigenvalue weighted by Gasteiger charge is -2.39. The van der Waals surface area contributed by atoms with Gasteiger partial charge in [-0.15, -0.1) is 5.10 Å². The van der Waals surface area contributed by atoms with Gasteiger partial charge in [-0.3, -0.25) is 4.79 Å². The Kier molecular flexibility index (Phi) is 8.04. The minimum absolute atomic E-state index is 0.202. The quantitative estimate of drug-likeness (QED) is 0.196. The fourth-order valence-corrected chi connectivity index (χ4v) is 2.88. The van der Waals surface area contributed by atoms with Gasteiger partial charge in [0.2, 0.25) is 5.91 Å². The summed E-state index contributed by atoms with van der Waals surface area (Å²) in [5.74, 6) is -0.478. The molecule has 2 unspecified atom stereocenters. The Hall–Kier alpha value is -1.67. The molecule has 1 aromatic rings. The largest absolute Gasteiger partial charge is 0.394 e. The molecule has 0 bridgehead atoms. The van der Waals surface area contributed by atoms with Crippen molar-refractivity contribution in [2.75, 3.05) is 13.2 Å². The van der Waals surface area contributed by atoms with Gasteiger partial charge in [0.15, 0.2) is 6.23 Å². The van der Waals surface area contributed by atoms with E-state index in [0.717, 1.165) is 12.8 Å². The molecule has 0 aromatic carbocycles. The number of carbonyl (C=O) groups is 1. The van der Waals surface area contributed by atoms with Crippen molar-refractivity contribution in [3.05, 3.63) is 11.9 Å². The average Bonchev–Trinajstić information content (AvgIpc) is 3.11. The summed E-state index contributed by atoms with van der Waals surface area (Å²) < 4.78 is 6.59. The summed E-state index contributed by atoms with van der Waals surface area (Å²) in [5, 5.41) is 49.8. The normalized spacial score (nSPS) is 29.6. The van der Waals surface area contributed by atoms with Crippen LogP contribution in [0.2, 0.25) is 0 Å². The zero-order valence-corrected chi connectivity index (χ0v) is 14.9. The van der Waals surface area contributed by atoms with Crippen LogP contribution in [0, 0.1) is 0 Å². The first-order valence-corrected chi connectivity index (χ1v) is 8.83. The molecule has 1 saturated heterocycles. The van der Waals surface area contributed by atoms with Crippen molar-refractivity contribution in [2.24, 2.45) is 11.5 Å². The van der Waals surface area contributed by atoms with Crippen LogP contribution in [-0.4, -0.2) is 84.9 Å². The number of amides is 1. The van der Waals surface area contributed by atoms with Crippen molar-refractivity contribution in [2.45, 2.75) is 62.5 Å². The van der Waals surface area contributed by atoms with Crippen molar-refractivity contribution in [1.29, 1.82) is 0 Å². The number of hydrogen-bond acceptors (Lipinski definition) is 10. The van der Waals surface area contributed by atoms with Gasteiger partial charge in [0.25, 0.3) is 0 Å². The SMILES string of the molecule is NCCCCC(NCc1cn(C2O[C@@H](CO)[C@@H](O)[C@@H](O)[C@@H]2O)nn1)C(N)=O. The number of primary amides is 1. The Morgan fingerprint density at radius 3 is 2.67 bits per heavy atom. The van der Waals surface area contributed by atoms with Gasteiger partial charge in [-0.1, -0.05) is 11.6 Å². The lowest BCUT2D eigenvalue weighted by molar-refractivity contribution is -0.254. The average molecular weight is 388 g/mol. The number of hydrogen-bond donors (Lipinski definition) is 7. The van der Waals surface area contributed by atoms with Gasteiger partial charge in [-0.25, -0.2) is 4.68 Å². The zero-order valence-electron chi connectivity index (χ0n) is 14.9. The minimum atomic E-state index is -1.51. The summed E-state index contributed by atoms with van der Waals surface area (Å²) >= 11 is 0. The number of rotatable bonds is 10. The molecule has 6 atom stereocenters. The highest BCUT2D eigenvalue weighted by atomic mass is 16.6. The topological polar surface area (TPSA) is 202 Å². The van der Waals surface area contributed by atoms with Crippen LogP contribution >= 0.6 is 0 Å². The molecule has 2 rings (SSSR count). The molecule has 1 aliphatic rings. The van der Waals surface area contributed by atoms with E-state index in [-0.39, 0.29) is 6.54 Å². The number of aliphatic hydroxyl groups excluding tert-OH is 4. The van der Waals surface area contributed by atoms with Crippen LogP contribution in [0.1, 0.15) is 31.2 Å². The third kappa shape index (κ3) is 5.42. The minimum Gasteiger partial charge on any atom is -0.394 e. The number of aliphatic hydroxyl groups is 4. The number of aromatic nitrogens is 3. The molecule has 1 aromatic heterocycles. The maximum absolute atomic E-state index is 11.5. The summed E-state index contributed by atoms with van der Waals surface area (Å²) in [7, 11) is 0. The zero-order chi connectivity index (χ0) is 20.0. The molecule has 0 spiro atoms. The van der Waals surface area contributed by atoms with E-state index >= 15 is 0 Å². The highest BCUT2D eigenvalue weighted by Gasteiger charge is 2.44. The van der Waals surface area contributed by atoms with Crippen LogP contribution < -0.4 is 16.8 Å². The molecule has 27 heavy (non-hydrogen) atoms. The van der Waals surface area contributed by atoms with E-state index in [2.05, 4.69) is 15.6 Å². The highest BCUT2D eigenvalue weighted by Crippen LogP contribution is 2.27. The van der Waals surface area contributed by atoms with Gasteiger partial charge in [0.05, 0.1) is 24.5 Å². The summed E-state index contributed by atoms with van der Waals surface area (Å²) in [6.07, 6.45) is -3.01. The molecular formula is C15H28N6O6. The van der Waals surface area contributed by atoms with Gasteiger partial charge < -0.3 is 41.9 Å². The first-order valence-electron chi connectivity index (χ1n) is 8.83. The molecule has 12 nitrogen and oxygen atoms in total. The lowest BCUT2D eigenvalue weighted by Crippen LogP contribution is -2.56. The molecule has 1 amide bonds. The van der Waals surface area contributed by atoms with Gasteiger partial charge in [-0.05, 0) is 19.4 Å². The molecule has 12 heteroatoms. The molecular weight excluding hydrogens is 360 g/mol. The van der Waals surface area contributed by atoms with Crippen molar-refractivity contribution in [1.82, 2.24) is 20.3 Å². The second-order valence-electron chi connectivity index (χ2n) is 6.53. The van der Waals surface area contributed by atoms with E-state index in [1.807, 2.05) is 0 Å². The molecule has 154 valence electrons. The number of ether oxygens (including phenoxy) is 1. The molecule has 0 aliphatic carbocycles. The molecule has 1 aliphatic heterocycles. The highest BCUT2D eigenvalue weighted by molar-refractivity contribution is 5.79. The summed E-state index contributed by atoms with van der Waals surface area (Å²) in [6, 6.07) is -0.533. The summed E-state index contributed by atoms with van der Waals surface area (Å²) in [5.41, 5.74) is 11.3.